The van der Waals surface area contributed by atoms with Crippen molar-refractivity contribution in [1.82, 2.24) is 4.90 Å². The van der Waals surface area contributed by atoms with Gasteiger partial charge in [-0.05, 0) is 59.3 Å². The number of nitrogens with two attached hydrogens (primary N) is 1. The highest BCUT2D eigenvalue weighted by molar-refractivity contribution is 7.20. The van der Waals surface area contributed by atoms with Crippen LogP contribution in [0.25, 0.3) is 10.1 Å². The Balaban J connectivity index is 1.41. The Hall–Kier alpha value is -3.39. The molecule has 0 aliphatic carbocycles. The molecule has 0 fully saturated rings. The van der Waals surface area contributed by atoms with Crippen LogP contribution in [0.5, 0.6) is 5.75 Å². The quantitative estimate of drug-likeness (QED) is 0.287. The van der Waals surface area contributed by atoms with Gasteiger partial charge < -0.3 is 20.9 Å². The van der Waals surface area contributed by atoms with Gasteiger partial charge in [-0.25, -0.2) is 0 Å². The number of aliphatic hydroxyl groups is 1. The van der Waals surface area contributed by atoms with Gasteiger partial charge in [-0.15, -0.1) is 11.3 Å². The van der Waals surface area contributed by atoms with E-state index in [1.54, 1.807) is 19.2 Å². The third kappa shape index (κ3) is 5.94. The predicted octanol–water partition coefficient (Wildman–Crippen LogP) is 4.78. The van der Waals surface area contributed by atoms with Gasteiger partial charge in [0.05, 0.1) is 30.0 Å². The van der Waals surface area contributed by atoms with Crippen LogP contribution in [0.1, 0.15) is 20.8 Å². The Bertz CT molecular complexity index is 1250. The van der Waals surface area contributed by atoms with Gasteiger partial charge in [-0.2, -0.15) is 0 Å². The number of benzene rings is 3. The molecule has 0 bridgehead atoms. The number of anilines is 2. The molecule has 4 aromatic rings. The highest BCUT2D eigenvalue weighted by Crippen LogP contribution is 2.28. The Morgan fingerprint density at radius 2 is 1.79 bits per heavy atom. The van der Waals surface area contributed by atoms with Crippen molar-refractivity contribution in [3.8, 4) is 5.75 Å². The zero-order chi connectivity index (χ0) is 23.9. The zero-order valence-corrected chi connectivity index (χ0v) is 20.0. The Labute approximate surface area is 203 Å². The standard InChI is InChI=1S/C27H29N3O3S/c1-33-22-10-7-20(8-11-22)18-30(14-15-31)13-12-19-6-9-21-17-26(34-25(21)16-19)27(32)29-24-5-3-2-4-23(24)28/h2-11,16-17,31H,12-15,18,28H2,1H3,(H,29,32). The number of ether oxygens (including phenoxy) is 1. The smallest absolute Gasteiger partial charge is 0.265 e. The second-order valence-corrected chi connectivity index (χ2v) is 9.21. The second kappa shape index (κ2) is 11.2. The van der Waals surface area contributed by atoms with Crippen LogP contribution in [0.2, 0.25) is 0 Å². The van der Waals surface area contributed by atoms with Crippen molar-refractivity contribution in [2.45, 2.75) is 13.0 Å². The van der Waals surface area contributed by atoms with Gasteiger partial charge in [-0.3, -0.25) is 9.69 Å². The molecule has 34 heavy (non-hydrogen) atoms. The van der Waals surface area contributed by atoms with Gasteiger partial charge in [-0.1, -0.05) is 36.4 Å². The lowest BCUT2D eigenvalue weighted by Gasteiger charge is -2.21. The van der Waals surface area contributed by atoms with E-state index in [-0.39, 0.29) is 12.5 Å². The number of hydrogen-bond acceptors (Lipinski definition) is 6. The largest absolute Gasteiger partial charge is 0.497 e. The minimum absolute atomic E-state index is 0.116. The minimum atomic E-state index is -0.158. The highest BCUT2D eigenvalue weighted by atomic mass is 32.1. The SMILES string of the molecule is COc1ccc(CN(CCO)CCc2ccc3cc(C(=O)Nc4ccccc4N)sc3c2)cc1. The molecule has 0 unspecified atom stereocenters. The van der Waals surface area contributed by atoms with E-state index in [0.717, 1.165) is 35.3 Å². The van der Waals surface area contributed by atoms with Crippen molar-refractivity contribution in [1.29, 1.82) is 0 Å². The van der Waals surface area contributed by atoms with E-state index in [2.05, 4.69) is 40.5 Å². The van der Waals surface area contributed by atoms with Crippen LogP contribution >= 0.6 is 11.3 Å². The van der Waals surface area contributed by atoms with Crippen molar-refractivity contribution >= 4 is 38.7 Å². The molecule has 6 nitrogen and oxygen atoms in total. The molecule has 4 N–H and O–H groups in total. The van der Waals surface area contributed by atoms with Crippen molar-refractivity contribution in [3.63, 3.8) is 0 Å². The first kappa shape index (κ1) is 23.8. The fraction of sp³-hybridized carbons (Fsp3) is 0.222. The summed E-state index contributed by atoms with van der Waals surface area (Å²) in [5.41, 5.74) is 9.48. The van der Waals surface area contributed by atoms with Crippen molar-refractivity contribution in [3.05, 3.63) is 88.8 Å². The fourth-order valence-electron chi connectivity index (χ4n) is 3.83. The number of thiophene rings is 1. The van der Waals surface area contributed by atoms with Gasteiger partial charge in [0.1, 0.15) is 5.75 Å². The second-order valence-electron chi connectivity index (χ2n) is 8.12. The van der Waals surface area contributed by atoms with Crippen LogP contribution < -0.4 is 15.8 Å². The summed E-state index contributed by atoms with van der Waals surface area (Å²) in [6, 6.07) is 23.5. The molecule has 0 spiro atoms. The molecule has 1 aromatic heterocycles. The summed E-state index contributed by atoms with van der Waals surface area (Å²) >= 11 is 1.48. The first-order chi connectivity index (χ1) is 16.6. The maximum Gasteiger partial charge on any atom is 0.265 e. The van der Waals surface area contributed by atoms with Crippen LogP contribution in [0.4, 0.5) is 11.4 Å². The van der Waals surface area contributed by atoms with Gasteiger partial charge in [0.25, 0.3) is 5.91 Å². The number of para-hydroxylation sites is 2. The van der Waals surface area contributed by atoms with Crippen LogP contribution in [0.3, 0.4) is 0 Å². The summed E-state index contributed by atoms with van der Waals surface area (Å²) in [7, 11) is 1.66. The maximum atomic E-state index is 12.7. The summed E-state index contributed by atoms with van der Waals surface area (Å²) in [4.78, 5) is 15.6. The summed E-state index contributed by atoms with van der Waals surface area (Å²) in [5.74, 6) is 0.677. The lowest BCUT2D eigenvalue weighted by molar-refractivity contribution is 0.103. The molecule has 0 radical (unpaired) electrons. The van der Waals surface area contributed by atoms with Crippen molar-refractivity contribution < 1.29 is 14.6 Å². The van der Waals surface area contributed by atoms with Gasteiger partial charge >= 0.3 is 0 Å². The number of aliphatic hydroxyl groups excluding tert-OH is 1. The Morgan fingerprint density at radius 1 is 1.03 bits per heavy atom. The molecule has 4 rings (SSSR count). The van der Waals surface area contributed by atoms with Crippen LogP contribution in [0.15, 0.2) is 72.8 Å². The molecule has 7 heteroatoms. The van der Waals surface area contributed by atoms with E-state index in [1.165, 1.54) is 22.5 Å². The molecule has 1 amide bonds. The zero-order valence-electron chi connectivity index (χ0n) is 19.2. The number of carbonyl (C=O) groups excluding carboxylic acids is 1. The van der Waals surface area contributed by atoms with E-state index in [4.69, 9.17) is 10.5 Å². The minimum Gasteiger partial charge on any atom is -0.497 e. The summed E-state index contributed by atoms with van der Waals surface area (Å²) < 4.78 is 6.31. The number of hydrogen-bond donors (Lipinski definition) is 3. The molecular weight excluding hydrogens is 446 g/mol. The molecule has 0 saturated heterocycles. The molecule has 0 atom stereocenters. The molecule has 176 valence electrons. The number of nitrogen functional groups attached to an aromatic ring is 1. The van der Waals surface area contributed by atoms with E-state index in [0.29, 0.717) is 22.8 Å². The summed E-state index contributed by atoms with van der Waals surface area (Å²) in [5, 5.41) is 13.4. The molecule has 3 aromatic carbocycles. The summed E-state index contributed by atoms with van der Waals surface area (Å²) in [6.45, 7) is 2.31. The normalized spacial score (nSPS) is 11.1. The number of methoxy groups -OCH3 is 1. The molecular formula is C27H29N3O3S. The number of rotatable bonds is 10. The number of amides is 1. The maximum absolute atomic E-state index is 12.7. The predicted molar refractivity (Wildman–Crippen MR) is 140 cm³/mol. The first-order valence-electron chi connectivity index (χ1n) is 11.2. The summed E-state index contributed by atoms with van der Waals surface area (Å²) in [6.07, 6.45) is 0.853. The fourth-order valence-corrected chi connectivity index (χ4v) is 4.85. The first-order valence-corrected chi connectivity index (χ1v) is 12.0. The van der Waals surface area contributed by atoms with Crippen LogP contribution in [0, 0.1) is 0 Å². The van der Waals surface area contributed by atoms with Gasteiger partial charge in [0, 0.05) is 24.3 Å². The van der Waals surface area contributed by atoms with Gasteiger partial charge in [0.2, 0.25) is 0 Å². The molecule has 0 saturated carbocycles. The lowest BCUT2D eigenvalue weighted by Crippen LogP contribution is -2.28. The molecule has 0 aliphatic rings. The van der Waals surface area contributed by atoms with Gasteiger partial charge in [0.15, 0.2) is 0 Å². The number of carbonyl (C=O) groups is 1. The molecule has 1 heterocycles. The highest BCUT2D eigenvalue weighted by Gasteiger charge is 2.13. The van der Waals surface area contributed by atoms with Crippen LogP contribution in [-0.4, -0.2) is 42.7 Å². The molecule has 0 aliphatic heterocycles. The van der Waals surface area contributed by atoms with Crippen molar-refractivity contribution in [2.24, 2.45) is 0 Å². The van der Waals surface area contributed by atoms with E-state index in [1.807, 2.05) is 30.3 Å². The third-order valence-corrected chi connectivity index (χ3v) is 6.81. The van der Waals surface area contributed by atoms with E-state index >= 15 is 0 Å². The Kier molecular flexibility index (Phi) is 7.80. The van der Waals surface area contributed by atoms with E-state index in [9.17, 15) is 9.90 Å². The topological polar surface area (TPSA) is 87.8 Å². The number of nitrogens with one attached hydrogen (secondary N) is 1. The third-order valence-electron chi connectivity index (χ3n) is 5.72. The van der Waals surface area contributed by atoms with Crippen LogP contribution in [-0.2, 0) is 13.0 Å². The lowest BCUT2D eigenvalue weighted by atomic mass is 10.1. The average molecular weight is 476 g/mol. The number of nitrogens with zero attached hydrogens (tertiary/aromatic N) is 1. The Morgan fingerprint density at radius 3 is 2.53 bits per heavy atom. The monoisotopic (exact) mass is 475 g/mol. The average Bonchev–Trinajstić information content (AvgIpc) is 3.28. The van der Waals surface area contributed by atoms with Crippen molar-refractivity contribution in [2.75, 3.05) is 37.9 Å². The van der Waals surface area contributed by atoms with E-state index < -0.39 is 0 Å². The number of fused-ring (bicyclic) bond motifs is 1.